The molecular formula is C17H18ClFO. The van der Waals surface area contributed by atoms with E-state index in [1.807, 2.05) is 0 Å². The van der Waals surface area contributed by atoms with Crippen molar-refractivity contribution in [2.45, 2.75) is 25.6 Å². The van der Waals surface area contributed by atoms with Gasteiger partial charge in [0.15, 0.2) is 0 Å². The van der Waals surface area contributed by atoms with E-state index in [0.717, 1.165) is 5.56 Å². The zero-order valence-electron chi connectivity index (χ0n) is 11.9. The van der Waals surface area contributed by atoms with Crippen LogP contribution in [0.15, 0.2) is 36.4 Å². The van der Waals surface area contributed by atoms with E-state index >= 15 is 0 Å². The monoisotopic (exact) mass is 292 g/mol. The van der Waals surface area contributed by atoms with Crippen LogP contribution in [-0.4, -0.2) is 7.11 Å². The maximum absolute atomic E-state index is 13.4. The predicted molar refractivity (Wildman–Crippen MR) is 81.2 cm³/mol. The first-order valence-electron chi connectivity index (χ1n) is 6.55. The highest BCUT2D eigenvalue weighted by atomic mass is 35.5. The van der Waals surface area contributed by atoms with Crippen LogP contribution in [0.3, 0.4) is 0 Å². The molecule has 2 aromatic rings. The van der Waals surface area contributed by atoms with E-state index in [2.05, 4.69) is 32.0 Å². The summed E-state index contributed by atoms with van der Waals surface area (Å²) < 4.78 is 18.6. The molecule has 0 bridgehead atoms. The summed E-state index contributed by atoms with van der Waals surface area (Å²) in [6, 6.07) is 10.7. The fraction of sp³-hybridized carbons (Fsp3) is 0.294. The molecule has 2 rings (SSSR count). The Hall–Kier alpha value is -1.54. The SMILES string of the molecule is COc1ccc(F)cc1C(Cl)Cc1ccc(C)c(C)c1. The number of halogens is 2. The normalized spacial score (nSPS) is 12.2. The number of hydrogen-bond donors (Lipinski definition) is 0. The first-order chi connectivity index (χ1) is 9.51. The van der Waals surface area contributed by atoms with Gasteiger partial charge >= 0.3 is 0 Å². The molecule has 20 heavy (non-hydrogen) atoms. The van der Waals surface area contributed by atoms with Crippen LogP contribution >= 0.6 is 11.6 Å². The number of alkyl halides is 1. The summed E-state index contributed by atoms with van der Waals surface area (Å²) in [7, 11) is 1.57. The van der Waals surface area contributed by atoms with Crippen LogP contribution in [0, 0.1) is 19.7 Å². The van der Waals surface area contributed by atoms with E-state index in [0.29, 0.717) is 17.7 Å². The number of aryl methyl sites for hydroxylation is 2. The van der Waals surface area contributed by atoms with Crippen LogP contribution in [0.5, 0.6) is 5.75 Å². The van der Waals surface area contributed by atoms with Gasteiger partial charge in [-0.1, -0.05) is 18.2 Å². The molecule has 0 aliphatic rings. The van der Waals surface area contributed by atoms with Gasteiger partial charge in [0.25, 0.3) is 0 Å². The number of hydrogen-bond acceptors (Lipinski definition) is 1. The number of ether oxygens (including phenoxy) is 1. The number of rotatable bonds is 4. The highest BCUT2D eigenvalue weighted by Gasteiger charge is 2.15. The Balaban J connectivity index is 2.25. The fourth-order valence-corrected chi connectivity index (χ4v) is 2.55. The Morgan fingerprint density at radius 2 is 1.85 bits per heavy atom. The van der Waals surface area contributed by atoms with E-state index in [9.17, 15) is 4.39 Å². The van der Waals surface area contributed by atoms with E-state index < -0.39 is 0 Å². The summed E-state index contributed by atoms with van der Waals surface area (Å²) in [5.41, 5.74) is 4.31. The van der Waals surface area contributed by atoms with Crippen molar-refractivity contribution in [2.24, 2.45) is 0 Å². The van der Waals surface area contributed by atoms with E-state index in [1.165, 1.54) is 23.3 Å². The van der Waals surface area contributed by atoms with Gasteiger partial charge in [-0.05, 0) is 55.2 Å². The summed E-state index contributed by atoms with van der Waals surface area (Å²) in [4.78, 5) is 0. The predicted octanol–water partition coefficient (Wildman–Crippen LogP) is 4.97. The van der Waals surface area contributed by atoms with Gasteiger partial charge in [0, 0.05) is 5.56 Å². The van der Waals surface area contributed by atoms with Crippen molar-refractivity contribution in [3.63, 3.8) is 0 Å². The van der Waals surface area contributed by atoms with Crippen LogP contribution in [0.2, 0.25) is 0 Å². The van der Waals surface area contributed by atoms with Gasteiger partial charge in [-0.25, -0.2) is 4.39 Å². The molecule has 2 aromatic carbocycles. The second-order valence-corrected chi connectivity index (χ2v) is 5.50. The molecule has 1 unspecified atom stereocenters. The second-order valence-electron chi connectivity index (χ2n) is 4.98. The Labute approximate surface area is 124 Å². The van der Waals surface area contributed by atoms with Crippen LogP contribution in [0.25, 0.3) is 0 Å². The highest BCUT2D eigenvalue weighted by Crippen LogP contribution is 2.33. The molecular weight excluding hydrogens is 275 g/mol. The number of benzene rings is 2. The minimum Gasteiger partial charge on any atom is -0.496 e. The average molecular weight is 293 g/mol. The van der Waals surface area contributed by atoms with Crippen LogP contribution < -0.4 is 4.74 Å². The zero-order chi connectivity index (χ0) is 14.7. The third-order valence-electron chi connectivity index (χ3n) is 3.52. The lowest BCUT2D eigenvalue weighted by Crippen LogP contribution is -2.00. The Kier molecular flexibility index (Phi) is 4.66. The van der Waals surface area contributed by atoms with E-state index in [1.54, 1.807) is 13.2 Å². The summed E-state index contributed by atoms with van der Waals surface area (Å²) in [5.74, 6) is 0.321. The Morgan fingerprint density at radius 1 is 1.10 bits per heavy atom. The molecule has 1 atom stereocenters. The highest BCUT2D eigenvalue weighted by molar-refractivity contribution is 6.21. The van der Waals surface area contributed by atoms with Gasteiger partial charge in [-0.15, -0.1) is 11.6 Å². The van der Waals surface area contributed by atoms with Crippen molar-refractivity contribution in [1.29, 1.82) is 0 Å². The third kappa shape index (κ3) is 3.31. The second kappa shape index (κ2) is 6.27. The lowest BCUT2D eigenvalue weighted by Gasteiger charge is -2.15. The summed E-state index contributed by atoms with van der Waals surface area (Å²) in [6.07, 6.45) is 0.641. The molecule has 0 N–H and O–H groups in total. The van der Waals surface area contributed by atoms with Crippen LogP contribution in [0.4, 0.5) is 4.39 Å². The molecule has 0 saturated heterocycles. The molecule has 0 amide bonds. The summed E-state index contributed by atoms with van der Waals surface area (Å²) >= 11 is 6.44. The topological polar surface area (TPSA) is 9.23 Å². The van der Waals surface area contributed by atoms with Crippen molar-refractivity contribution < 1.29 is 9.13 Å². The minimum absolute atomic E-state index is 0.300. The summed E-state index contributed by atoms with van der Waals surface area (Å²) in [6.45, 7) is 4.15. The van der Waals surface area contributed by atoms with Crippen LogP contribution in [-0.2, 0) is 6.42 Å². The van der Waals surface area contributed by atoms with Gasteiger partial charge < -0.3 is 4.74 Å². The van der Waals surface area contributed by atoms with Gasteiger partial charge in [-0.2, -0.15) is 0 Å². The molecule has 106 valence electrons. The van der Waals surface area contributed by atoms with Crippen molar-refractivity contribution in [2.75, 3.05) is 7.11 Å². The zero-order valence-corrected chi connectivity index (χ0v) is 12.7. The maximum atomic E-state index is 13.4. The molecule has 0 aromatic heterocycles. The van der Waals surface area contributed by atoms with Crippen LogP contribution in [0.1, 0.15) is 27.6 Å². The third-order valence-corrected chi connectivity index (χ3v) is 3.90. The molecule has 3 heteroatoms. The van der Waals surface area contributed by atoms with E-state index in [4.69, 9.17) is 16.3 Å². The summed E-state index contributed by atoms with van der Waals surface area (Å²) in [5, 5.41) is -0.317. The van der Waals surface area contributed by atoms with Crippen molar-refractivity contribution in [3.8, 4) is 5.75 Å². The largest absolute Gasteiger partial charge is 0.496 e. The van der Waals surface area contributed by atoms with Crippen molar-refractivity contribution in [1.82, 2.24) is 0 Å². The molecule has 0 aliphatic heterocycles. The molecule has 0 aliphatic carbocycles. The quantitative estimate of drug-likeness (QED) is 0.723. The molecule has 0 fully saturated rings. The number of methoxy groups -OCH3 is 1. The van der Waals surface area contributed by atoms with Gasteiger partial charge in [0.1, 0.15) is 11.6 Å². The maximum Gasteiger partial charge on any atom is 0.123 e. The molecule has 1 nitrogen and oxygen atoms in total. The van der Waals surface area contributed by atoms with Gasteiger partial charge in [0.05, 0.1) is 12.5 Å². The Morgan fingerprint density at radius 3 is 2.50 bits per heavy atom. The van der Waals surface area contributed by atoms with Gasteiger partial charge in [0.2, 0.25) is 0 Å². The lowest BCUT2D eigenvalue weighted by atomic mass is 9.99. The molecule has 0 radical (unpaired) electrons. The van der Waals surface area contributed by atoms with Crippen molar-refractivity contribution in [3.05, 3.63) is 64.5 Å². The molecule has 0 spiro atoms. The lowest BCUT2D eigenvalue weighted by molar-refractivity contribution is 0.407. The fourth-order valence-electron chi connectivity index (χ4n) is 2.20. The Bertz CT molecular complexity index is 610. The average Bonchev–Trinajstić information content (AvgIpc) is 2.43. The first-order valence-corrected chi connectivity index (χ1v) is 6.98. The minimum atomic E-state index is -0.317. The standard InChI is InChI=1S/C17H18ClFO/c1-11-4-5-13(8-12(11)2)9-16(18)15-10-14(19)6-7-17(15)20-3/h4-8,10,16H,9H2,1-3H3. The smallest absolute Gasteiger partial charge is 0.123 e. The van der Waals surface area contributed by atoms with Gasteiger partial charge in [-0.3, -0.25) is 0 Å². The first kappa shape index (κ1) is 14.9. The molecule has 0 saturated carbocycles. The molecule has 0 heterocycles. The van der Waals surface area contributed by atoms with E-state index in [-0.39, 0.29) is 11.2 Å². The van der Waals surface area contributed by atoms with Crippen molar-refractivity contribution >= 4 is 11.6 Å².